The van der Waals surface area contributed by atoms with Gasteiger partial charge in [0.2, 0.25) is 0 Å². The first-order valence-electron chi connectivity index (χ1n) is 4.85. The molecule has 0 aliphatic rings. The van der Waals surface area contributed by atoms with E-state index in [1.807, 2.05) is 31.5 Å². The molecule has 4 heteroatoms. The minimum Gasteiger partial charge on any atom is -0.345 e. The summed E-state index contributed by atoms with van der Waals surface area (Å²) in [7, 11) is 0. The van der Waals surface area contributed by atoms with E-state index < -0.39 is 0 Å². The summed E-state index contributed by atoms with van der Waals surface area (Å²) in [5.74, 6) is 0.951. The van der Waals surface area contributed by atoms with Crippen molar-refractivity contribution >= 4 is 15.9 Å². The normalized spacial score (nSPS) is 10.5. The maximum atomic E-state index is 4.27. The number of H-pyrrole nitrogens is 1. The second-order valence-electron chi connectivity index (χ2n) is 3.45. The molecule has 3 nitrogen and oxygen atoms in total. The van der Waals surface area contributed by atoms with Crippen LogP contribution in [-0.2, 0) is 12.8 Å². The Morgan fingerprint density at radius 1 is 1.27 bits per heavy atom. The number of pyridine rings is 1. The Balaban J connectivity index is 2.02. The van der Waals surface area contributed by atoms with Gasteiger partial charge in [0, 0.05) is 18.1 Å². The minimum atomic E-state index is 0.925. The lowest BCUT2D eigenvalue weighted by atomic mass is 10.1. The van der Waals surface area contributed by atoms with E-state index in [1.165, 1.54) is 5.56 Å². The van der Waals surface area contributed by atoms with Crippen LogP contribution in [-0.4, -0.2) is 15.0 Å². The molecule has 2 aromatic rings. The zero-order valence-corrected chi connectivity index (χ0v) is 10.1. The number of hydrogen-bond acceptors (Lipinski definition) is 2. The molecule has 0 atom stereocenters. The van der Waals surface area contributed by atoms with E-state index in [9.17, 15) is 0 Å². The number of rotatable bonds is 3. The van der Waals surface area contributed by atoms with Crippen LogP contribution in [0.4, 0.5) is 0 Å². The van der Waals surface area contributed by atoms with Crippen molar-refractivity contribution in [3.05, 3.63) is 46.2 Å². The Morgan fingerprint density at radius 2 is 2.00 bits per heavy atom. The Hall–Kier alpha value is -1.16. The minimum absolute atomic E-state index is 0.925. The van der Waals surface area contributed by atoms with Crippen molar-refractivity contribution in [1.82, 2.24) is 15.0 Å². The molecule has 2 aromatic heterocycles. The molecular weight excluding hydrogens is 254 g/mol. The number of nitrogens with zero attached hydrogens (tertiary/aromatic N) is 2. The summed E-state index contributed by atoms with van der Waals surface area (Å²) in [5, 5.41) is 0. The van der Waals surface area contributed by atoms with Gasteiger partial charge in [0.05, 0.1) is 0 Å². The first-order chi connectivity index (χ1) is 7.25. The van der Waals surface area contributed by atoms with E-state index in [1.54, 1.807) is 0 Å². The van der Waals surface area contributed by atoms with Crippen molar-refractivity contribution in [3.8, 4) is 0 Å². The molecule has 0 radical (unpaired) electrons. The lowest BCUT2D eigenvalue weighted by Crippen LogP contribution is -1.92. The largest absolute Gasteiger partial charge is 0.345 e. The van der Waals surface area contributed by atoms with Crippen molar-refractivity contribution in [2.75, 3.05) is 0 Å². The van der Waals surface area contributed by atoms with Crippen LogP contribution in [0.15, 0.2) is 29.1 Å². The maximum absolute atomic E-state index is 4.27. The van der Waals surface area contributed by atoms with Gasteiger partial charge in [-0.1, -0.05) is 0 Å². The molecule has 0 amide bonds. The molecule has 0 fully saturated rings. The van der Waals surface area contributed by atoms with Gasteiger partial charge in [-0.05, 0) is 53.4 Å². The fourth-order valence-electron chi connectivity index (χ4n) is 1.50. The molecule has 15 heavy (non-hydrogen) atoms. The van der Waals surface area contributed by atoms with Crippen LogP contribution in [0.25, 0.3) is 0 Å². The first kappa shape index (κ1) is 10.4. The summed E-state index contributed by atoms with van der Waals surface area (Å²) in [6, 6.07) is 4.08. The monoisotopic (exact) mass is 265 g/mol. The third kappa shape index (κ3) is 2.65. The molecule has 78 valence electrons. The summed E-state index contributed by atoms with van der Waals surface area (Å²) in [4.78, 5) is 11.5. The molecule has 0 saturated carbocycles. The molecule has 1 N–H and O–H groups in total. The van der Waals surface area contributed by atoms with Gasteiger partial charge in [0.15, 0.2) is 0 Å². The van der Waals surface area contributed by atoms with Crippen molar-refractivity contribution in [1.29, 1.82) is 0 Å². The highest BCUT2D eigenvalue weighted by molar-refractivity contribution is 9.10. The second-order valence-corrected chi connectivity index (χ2v) is 4.20. The molecule has 0 spiro atoms. The number of aromatic nitrogens is 3. The molecule has 0 saturated heterocycles. The van der Waals surface area contributed by atoms with E-state index in [4.69, 9.17) is 0 Å². The Kier molecular flexibility index (Phi) is 3.16. The Morgan fingerprint density at radius 3 is 2.60 bits per heavy atom. The van der Waals surface area contributed by atoms with Gasteiger partial charge in [-0.25, -0.2) is 4.98 Å². The van der Waals surface area contributed by atoms with Crippen LogP contribution in [0, 0.1) is 6.92 Å². The van der Waals surface area contributed by atoms with Crippen molar-refractivity contribution in [3.63, 3.8) is 0 Å². The van der Waals surface area contributed by atoms with E-state index in [0.29, 0.717) is 0 Å². The third-order valence-electron chi connectivity index (χ3n) is 2.26. The number of nitrogens with one attached hydrogen (secondary N) is 1. The highest BCUT2D eigenvalue weighted by atomic mass is 79.9. The average Bonchev–Trinajstić information content (AvgIpc) is 2.56. The van der Waals surface area contributed by atoms with Gasteiger partial charge < -0.3 is 4.98 Å². The number of imidazole rings is 1. The average molecular weight is 266 g/mol. The van der Waals surface area contributed by atoms with Crippen LogP contribution < -0.4 is 0 Å². The predicted octanol–water partition coefficient (Wildman–Crippen LogP) is 2.66. The highest BCUT2D eigenvalue weighted by Gasteiger charge is 2.04. The van der Waals surface area contributed by atoms with E-state index in [2.05, 4.69) is 30.9 Å². The standard InChI is InChI=1S/C11H12BrN3/c1-8-14-10(11(12)15-8)3-2-9-4-6-13-7-5-9/h4-7H,2-3H2,1H3,(H,14,15). The smallest absolute Gasteiger partial charge is 0.127 e. The van der Waals surface area contributed by atoms with E-state index in [0.717, 1.165) is 29.0 Å². The topological polar surface area (TPSA) is 41.6 Å². The van der Waals surface area contributed by atoms with Crippen LogP contribution in [0.3, 0.4) is 0 Å². The second kappa shape index (κ2) is 4.57. The summed E-state index contributed by atoms with van der Waals surface area (Å²) in [5.41, 5.74) is 2.45. The van der Waals surface area contributed by atoms with Crippen molar-refractivity contribution in [2.24, 2.45) is 0 Å². The molecular formula is C11H12BrN3. The van der Waals surface area contributed by atoms with Gasteiger partial charge in [-0.2, -0.15) is 0 Å². The van der Waals surface area contributed by atoms with Gasteiger partial charge in [0.25, 0.3) is 0 Å². The van der Waals surface area contributed by atoms with Gasteiger partial charge in [-0.15, -0.1) is 0 Å². The van der Waals surface area contributed by atoms with Crippen LogP contribution >= 0.6 is 15.9 Å². The summed E-state index contributed by atoms with van der Waals surface area (Å²) < 4.78 is 0.925. The molecule has 0 unspecified atom stereocenters. The van der Waals surface area contributed by atoms with Gasteiger partial charge in [-0.3, -0.25) is 4.98 Å². The van der Waals surface area contributed by atoms with Gasteiger partial charge in [0.1, 0.15) is 10.4 Å². The van der Waals surface area contributed by atoms with Crippen molar-refractivity contribution in [2.45, 2.75) is 19.8 Å². The third-order valence-corrected chi connectivity index (χ3v) is 2.92. The molecule has 0 aromatic carbocycles. The lowest BCUT2D eigenvalue weighted by Gasteiger charge is -1.99. The zero-order chi connectivity index (χ0) is 10.7. The molecule has 0 bridgehead atoms. The van der Waals surface area contributed by atoms with Gasteiger partial charge >= 0.3 is 0 Å². The Labute approximate surface area is 97.1 Å². The first-order valence-corrected chi connectivity index (χ1v) is 5.65. The molecule has 2 heterocycles. The quantitative estimate of drug-likeness (QED) is 0.927. The lowest BCUT2D eigenvalue weighted by molar-refractivity contribution is 0.912. The fourth-order valence-corrected chi connectivity index (χ4v) is 2.06. The summed E-state index contributed by atoms with van der Waals surface area (Å²) in [6.07, 6.45) is 5.61. The molecule has 0 aliphatic carbocycles. The fraction of sp³-hybridized carbons (Fsp3) is 0.273. The van der Waals surface area contributed by atoms with Crippen molar-refractivity contribution < 1.29 is 0 Å². The number of hydrogen-bond donors (Lipinski definition) is 1. The predicted molar refractivity (Wildman–Crippen MR) is 62.7 cm³/mol. The van der Waals surface area contributed by atoms with Crippen LogP contribution in [0.1, 0.15) is 17.1 Å². The molecule has 2 rings (SSSR count). The number of halogens is 1. The van der Waals surface area contributed by atoms with E-state index >= 15 is 0 Å². The molecule has 0 aliphatic heterocycles. The highest BCUT2D eigenvalue weighted by Crippen LogP contribution is 2.15. The zero-order valence-electron chi connectivity index (χ0n) is 8.50. The van der Waals surface area contributed by atoms with Crippen LogP contribution in [0.2, 0.25) is 0 Å². The number of aryl methyl sites for hydroxylation is 3. The van der Waals surface area contributed by atoms with Crippen LogP contribution in [0.5, 0.6) is 0 Å². The Bertz CT molecular complexity index is 436. The SMILES string of the molecule is Cc1nc(Br)c(CCc2ccncc2)[nH]1. The summed E-state index contributed by atoms with van der Waals surface area (Å²) >= 11 is 3.44. The maximum Gasteiger partial charge on any atom is 0.127 e. The number of aromatic amines is 1. The summed E-state index contributed by atoms with van der Waals surface area (Å²) in [6.45, 7) is 1.96. The van der Waals surface area contributed by atoms with E-state index in [-0.39, 0.29) is 0 Å².